The summed E-state index contributed by atoms with van der Waals surface area (Å²) in [6.07, 6.45) is 0.877. The molecule has 2 nitrogen and oxygen atoms in total. The second kappa shape index (κ2) is 6.11. The minimum Gasteiger partial charge on any atom is -0.322 e. The molecule has 1 atom stereocenters. The Morgan fingerprint density at radius 2 is 1.69 bits per heavy atom. The summed E-state index contributed by atoms with van der Waals surface area (Å²) < 4.78 is 54.7. The van der Waals surface area contributed by atoms with Crippen LogP contribution in [-0.2, 0) is 5.41 Å². The van der Waals surface area contributed by atoms with Gasteiger partial charge >= 0.3 is 0 Å². The molecule has 0 spiro atoms. The fraction of sp³-hybridized carbons (Fsp3) is 0.350. The van der Waals surface area contributed by atoms with E-state index in [0.717, 1.165) is 24.5 Å². The molecule has 0 saturated heterocycles. The maximum atomic E-state index is 14.1. The van der Waals surface area contributed by atoms with E-state index in [-0.39, 0.29) is 11.3 Å². The van der Waals surface area contributed by atoms with Crippen LogP contribution in [0.1, 0.15) is 60.2 Å². The average molecular weight is 365 g/mol. The highest BCUT2D eigenvalue weighted by molar-refractivity contribution is 6.06. The number of benzene rings is 2. The summed E-state index contributed by atoms with van der Waals surface area (Å²) >= 11 is 0. The highest BCUT2D eigenvalue weighted by atomic mass is 19.2. The summed E-state index contributed by atoms with van der Waals surface area (Å²) in [7, 11) is 0. The second-order valence-corrected chi connectivity index (χ2v) is 7.47. The van der Waals surface area contributed by atoms with Crippen molar-refractivity contribution in [3.63, 3.8) is 0 Å². The van der Waals surface area contributed by atoms with Crippen LogP contribution in [0, 0.1) is 30.2 Å². The fourth-order valence-electron chi connectivity index (χ4n) is 3.97. The van der Waals surface area contributed by atoms with E-state index in [2.05, 4.69) is 19.2 Å². The zero-order valence-corrected chi connectivity index (χ0v) is 14.9. The maximum Gasteiger partial charge on any atom is 0.259 e. The SMILES string of the molecule is Cc1c(F)c(F)c(F)c(F)c1C(=O)Nc1cccc2c1C(C)CC2(C)C. The van der Waals surface area contributed by atoms with Crippen LogP contribution in [0.25, 0.3) is 0 Å². The highest BCUT2D eigenvalue weighted by Crippen LogP contribution is 2.48. The van der Waals surface area contributed by atoms with Crippen molar-refractivity contribution in [2.45, 2.75) is 45.4 Å². The number of halogens is 4. The lowest BCUT2D eigenvalue weighted by Crippen LogP contribution is -2.20. The van der Waals surface area contributed by atoms with Crippen LogP contribution >= 0.6 is 0 Å². The maximum absolute atomic E-state index is 14.1. The molecule has 0 aromatic heterocycles. The van der Waals surface area contributed by atoms with Gasteiger partial charge in [-0.2, -0.15) is 0 Å². The van der Waals surface area contributed by atoms with Crippen LogP contribution < -0.4 is 5.32 Å². The predicted octanol–water partition coefficient (Wildman–Crippen LogP) is 5.59. The lowest BCUT2D eigenvalue weighted by Gasteiger charge is -2.19. The molecule has 138 valence electrons. The number of fused-ring (bicyclic) bond motifs is 1. The van der Waals surface area contributed by atoms with E-state index in [4.69, 9.17) is 0 Å². The van der Waals surface area contributed by atoms with E-state index < -0.39 is 40.3 Å². The first-order chi connectivity index (χ1) is 12.1. The van der Waals surface area contributed by atoms with Gasteiger partial charge in [0.15, 0.2) is 23.3 Å². The van der Waals surface area contributed by atoms with Crippen LogP contribution in [0.2, 0.25) is 0 Å². The molecule has 2 aromatic carbocycles. The number of rotatable bonds is 2. The van der Waals surface area contributed by atoms with Crippen LogP contribution in [0.15, 0.2) is 18.2 Å². The first kappa shape index (κ1) is 18.4. The predicted molar refractivity (Wildman–Crippen MR) is 91.5 cm³/mol. The van der Waals surface area contributed by atoms with Crippen molar-refractivity contribution in [2.75, 3.05) is 5.32 Å². The van der Waals surface area contributed by atoms with Crippen molar-refractivity contribution in [2.24, 2.45) is 0 Å². The van der Waals surface area contributed by atoms with Crippen molar-refractivity contribution < 1.29 is 22.4 Å². The smallest absolute Gasteiger partial charge is 0.259 e. The second-order valence-electron chi connectivity index (χ2n) is 7.47. The summed E-state index contributed by atoms with van der Waals surface area (Å²) in [4.78, 5) is 12.5. The molecular weight excluding hydrogens is 346 g/mol. The Bertz CT molecular complexity index is 892. The summed E-state index contributed by atoms with van der Waals surface area (Å²) in [5.41, 5.74) is 0.979. The van der Waals surface area contributed by atoms with Gasteiger partial charge in [-0.1, -0.05) is 32.9 Å². The van der Waals surface area contributed by atoms with Crippen molar-refractivity contribution in [3.05, 3.63) is 63.7 Å². The lowest BCUT2D eigenvalue weighted by atomic mass is 9.86. The average Bonchev–Trinajstić information content (AvgIpc) is 2.81. The van der Waals surface area contributed by atoms with Gasteiger partial charge in [0.2, 0.25) is 0 Å². The van der Waals surface area contributed by atoms with E-state index in [1.54, 1.807) is 12.1 Å². The van der Waals surface area contributed by atoms with Crippen LogP contribution in [0.4, 0.5) is 23.2 Å². The molecule has 0 radical (unpaired) electrons. The number of carbonyl (C=O) groups is 1. The molecule has 6 heteroatoms. The Morgan fingerprint density at radius 1 is 1.08 bits per heavy atom. The Balaban J connectivity index is 2.06. The molecule has 0 fully saturated rings. The third-order valence-corrected chi connectivity index (χ3v) is 5.12. The molecule has 1 aliphatic carbocycles. The van der Waals surface area contributed by atoms with Gasteiger partial charge in [-0.05, 0) is 41.9 Å². The Hall–Kier alpha value is -2.37. The molecule has 1 amide bonds. The quantitative estimate of drug-likeness (QED) is 0.420. The van der Waals surface area contributed by atoms with Crippen LogP contribution in [0.3, 0.4) is 0 Å². The van der Waals surface area contributed by atoms with Gasteiger partial charge in [-0.3, -0.25) is 4.79 Å². The topological polar surface area (TPSA) is 29.1 Å². The molecule has 1 unspecified atom stereocenters. The molecule has 0 heterocycles. The normalized spacial score (nSPS) is 17.9. The molecule has 3 rings (SSSR count). The van der Waals surface area contributed by atoms with Crippen LogP contribution in [-0.4, -0.2) is 5.91 Å². The number of anilines is 1. The van der Waals surface area contributed by atoms with E-state index in [1.807, 2.05) is 13.0 Å². The lowest BCUT2D eigenvalue weighted by molar-refractivity contribution is 0.102. The largest absolute Gasteiger partial charge is 0.322 e. The van der Waals surface area contributed by atoms with Crippen LogP contribution in [0.5, 0.6) is 0 Å². The molecular formula is C20H19F4NO. The third kappa shape index (κ3) is 2.68. The van der Waals surface area contributed by atoms with Gasteiger partial charge in [-0.25, -0.2) is 17.6 Å². The van der Waals surface area contributed by atoms with E-state index in [1.165, 1.54) is 0 Å². The molecule has 1 N–H and O–H groups in total. The zero-order chi connectivity index (χ0) is 19.4. The van der Waals surface area contributed by atoms with E-state index >= 15 is 0 Å². The van der Waals surface area contributed by atoms with Gasteiger partial charge in [-0.15, -0.1) is 0 Å². The molecule has 26 heavy (non-hydrogen) atoms. The Labute approximate surface area is 149 Å². The van der Waals surface area contributed by atoms with E-state index in [9.17, 15) is 22.4 Å². The minimum atomic E-state index is -1.99. The summed E-state index contributed by atoms with van der Waals surface area (Å²) in [5, 5.41) is 2.55. The standard InChI is InChI=1S/C20H19F4NO/c1-9-8-20(3,4)11-6-5-7-12(13(9)11)25-19(26)14-10(2)15(21)17(23)18(24)16(14)22/h5-7,9H,8H2,1-4H3,(H,25,26). The zero-order valence-electron chi connectivity index (χ0n) is 14.9. The van der Waals surface area contributed by atoms with E-state index in [0.29, 0.717) is 5.69 Å². The first-order valence-electron chi connectivity index (χ1n) is 8.33. The Kier molecular flexibility index (Phi) is 4.33. The number of carbonyl (C=O) groups excluding carboxylic acids is 1. The van der Waals surface area contributed by atoms with Crippen molar-refractivity contribution >= 4 is 11.6 Å². The number of hydrogen-bond donors (Lipinski definition) is 1. The van der Waals surface area contributed by atoms with Gasteiger partial charge in [0.1, 0.15) is 0 Å². The fourth-order valence-corrected chi connectivity index (χ4v) is 3.97. The molecule has 0 saturated carbocycles. The summed E-state index contributed by atoms with van der Waals surface area (Å²) in [5.74, 6) is -8.03. The van der Waals surface area contributed by atoms with Gasteiger partial charge in [0.05, 0.1) is 5.56 Å². The van der Waals surface area contributed by atoms with Crippen molar-refractivity contribution in [1.29, 1.82) is 0 Å². The Morgan fingerprint density at radius 3 is 2.35 bits per heavy atom. The number of hydrogen-bond acceptors (Lipinski definition) is 1. The highest BCUT2D eigenvalue weighted by Gasteiger charge is 2.36. The van der Waals surface area contributed by atoms with Gasteiger partial charge < -0.3 is 5.32 Å². The number of nitrogens with one attached hydrogen (secondary N) is 1. The molecule has 2 aromatic rings. The minimum absolute atomic E-state index is 0.0786. The number of amides is 1. The third-order valence-electron chi connectivity index (χ3n) is 5.12. The van der Waals surface area contributed by atoms with Gasteiger partial charge in [0, 0.05) is 11.3 Å². The summed E-state index contributed by atoms with van der Waals surface area (Å²) in [6, 6.07) is 5.40. The summed E-state index contributed by atoms with van der Waals surface area (Å²) in [6.45, 7) is 7.24. The van der Waals surface area contributed by atoms with Crippen molar-refractivity contribution in [1.82, 2.24) is 0 Å². The van der Waals surface area contributed by atoms with Gasteiger partial charge in [0.25, 0.3) is 5.91 Å². The first-order valence-corrected chi connectivity index (χ1v) is 8.33. The molecule has 0 aliphatic heterocycles. The monoisotopic (exact) mass is 365 g/mol. The molecule has 1 aliphatic rings. The molecule has 0 bridgehead atoms. The van der Waals surface area contributed by atoms with Crippen molar-refractivity contribution in [3.8, 4) is 0 Å².